The fraction of sp³-hybridized carbons (Fsp3) is 0.333. The number of rotatable bonds is 6. The molecule has 1 aliphatic heterocycles. The molecule has 0 N–H and O–H groups in total. The molecule has 0 spiro atoms. The molecule has 128 valence electrons. The summed E-state index contributed by atoms with van der Waals surface area (Å²) in [5.74, 6) is 1.71. The van der Waals surface area contributed by atoms with Crippen LogP contribution in [0, 0.1) is 0 Å². The van der Waals surface area contributed by atoms with E-state index in [9.17, 15) is 8.42 Å². The van der Waals surface area contributed by atoms with Crippen LogP contribution in [0.1, 0.15) is 11.1 Å². The first-order valence-electron chi connectivity index (χ1n) is 7.95. The van der Waals surface area contributed by atoms with Gasteiger partial charge in [0.25, 0.3) is 0 Å². The lowest BCUT2D eigenvalue weighted by Crippen LogP contribution is -2.40. The Morgan fingerprint density at radius 1 is 0.917 bits per heavy atom. The van der Waals surface area contributed by atoms with Crippen LogP contribution in [0.2, 0.25) is 0 Å². The minimum Gasteiger partial charge on any atom is -0.379 e. The van der Waals surface area contributed by atoms with Crippen LogP contribution in [0.4, 0.5) is 0 Å². The number of hydrogen-bond donors (Lipinski definition) is 0. The third kappa shape index (κ3) is 4.39. The third-order valence-corrected chi connectivity index (χ3v) is 6.86. The number of benzene rings is 2. The smallest absolute Gasteiger partial charge is 0.243 e. The maximum absolute atomic E-state index is 12.7. The first-order valence-corrected chi connectivity index (χ1v) is 10.5. The Hall–Kier alpha value is -1.34. The normalized spacial score (nSPS) is 16.2. The van der Waals surface area contributed by atoms with Gasteiger partial charge in [-0.05, 0) is 23.3 Å². The average Bonchev–Trinajstić information content (AvgIpc) is 2.64. The molecule has 2 aromatic carbocycles. The Labute approximate surface area is 147 Å². The van der Waals surface area contributed by atoms with Gasteiger partial charge in [-0.1, -0.05) is 42.5 Å². The van der Waals surface area contributed by atoms with Gasteiger partial charge >= 0.3 is 0 Å². The Bertz CT molecular complexity index is 757. The number of hydrogen-bond acceptors (Lipinski definition) is 4. The molecule has 0 bridgehead atoms. The van der Waals surface area contributed by atoms with Crippen LogP contribution in [-0.2, 0) is 26.3 Å². The molecule has 3 rings (SSSR count). The molecule has 4 nitrogen and oxygen atoms in total. The summed E-state index contributed by atoms with van der Waals surface area (Å²) in [4.78, 5) is 0.377. The van der Waals surface area contributed by atoms with Crippen LogP contribution >= 0.6 is 11.8 Å². The van der Waals surface area contributed by atoms with Crippen molar-refractivity contribution in [3.8, 4) is 0 Å². The van der Waals surface area contributed by atoms with Gasteiger partial charge in [0.15, 0.2) is 0 Å². The van der Waals surface area contributed by atoms with E-state index in [1.807, 2.05) is 30.3 Å². The van der Waals surface area contributed by atoms with Crippen molar-refractivity contribution in [1.82, 2.24) is 4.31 Å². The number of ether oxygens (including phenoxy) is 1. The van der Waals surface area contributed by atoms with Crippen LogP contribution in [0.5, 0.6) is 0 Å². The zero-order valence-electron chi connectivity index (χ0n) is 13.4. The summed E-state index contributed by atoms with van der Waals surface area (Å²) < 4.78 is 32.1. The second-order valence-electron chi connectivity index (χ2n) is 5.64. The molecule has 0 atom stereocenters. The number of sulfonamides is 1. The molecule has 1 fully saturated rings. The predicted molar refractivity (Wildman–Crippen MR) is 97.5 cm³/mol. The Balaban J connectivity index is 1.65. The molecule has 6 heteroatoms. The van der Waals surface area contributed by atoms with Gasteiger partial charge in [0.2, 0.25) is 10.0 Å². The van der Waals surface area contributed by atoms with Crippen molar-refractivity contribution < 1.29 is 13.2 Å². The molecule has 0 saturated carbocycles. The van der Waals surface area contributed by atoms with E-state index in [1.54, 1.807) is 23.9 Å². The highest BCUT2D eigenvalue weighted by Crippen LogP contribution is 2.22. The van der Waals surface area contributed by atoms with E-state index in [0.29, 0.717) is 31.2 Å². The SMILES string of the molecule is O=S(=O)(c1cccc(CSCc2ccccc2)c1)N1CCOCC1. The second-order valence-corrected chi connectivity index (χ2v) is 8.57. The fourth-order valence-corrected chi connectivity index (χ4v) is 5.02. The minimum absolute atomic E-state index is 0.377. The van der Waals surface area contributed by atoms with E-state index in [4.69, 9.17) is 4.74 Å². The topological polar surface area (TPSA) is 46.6 Å². The molecule has 24 heavy (non-hydrogen) atoms. The number of morpholine rings is 1. The molecule has 1 saturated heterocycles. The highest BCUT2D eigenvalue weighted by atomic mass is 32.2. The molecule has 0 aromatic heterocycles. The number of nitrogens with zero attached hydrogens (tertiary/aromatic N) is 1. The highest BCUT2D eigenvalue weighted by Gasteiger charge is 2.26. The first kappa shape index (κ1) is 17.5. The Morgan fingerprint density at radius 2 is 1.58 bits per heavy atom. The lowest BCUT2D eigenvalue weighted by molar-refractivity contribution is 0.0730. The van der Waals surface area contributed by atoms with Crippen molar-refractivity contribution in [2.75, 3.05) is 26.3 Å². The van der Waals surface area contributed by atoms with E-state index < -0.39 is 10.0 Å². The van der Waals surface area contributed by atoms with Crippen molar-refractivity contribution in [1.29, 1.82) is 0 Å². The van der Waals surface area contributed by atoms with Crippen molar-refractivity contribution in [2.24, 2.45) is 0 Å². The maximum Gasteiger partial charge on any atom is 0.243 e. The maximum atomic E-state index is 12.7. The van der Waals surface area contributed by atoms with E-state index in [0.717, 1.165) is 17.1 Å². The van der Waals surface area contributed by atoms with Gasteiger partial charge in [0, 0.05) is 24.6 Å². The monoisotopic (exact) mass is 363 g/mol. The van der Waals surface area contributed by atoms with E-state index in [2.05, 4.69) is 12.1 Å². The summed E-state index contributed by atoms with van der Waals surface area (Å²) in [6.45, 7) is 1.78. The second kappa shape index (κ2) is 8.16. The molecule has 2 aromatic rings. The fourth-order valence-electron chi connectivity index (χ4n) is 2.59. The van der Waals surface area contributed by atoms with Gasteiger partial charge < -0.3 is 4.74 Å². The van der Waals surface area contributed by atoms with Gasteiger partial charge in [0.05, 0.1) is 18.1 Å². The summed E-state index contributed by atoms with van der Waals surface area (Å²) in [5.41, 5.74) is 2.31. The number of thioether (sulfide) groups is 1. The van der Waals surface area contributed by atoms with Gasteiger partial charge in [-0.25, -0.2) is 8.42 Å². The van der Waals surface area contributed by atoms with Crippen LogP contribution in [-0.4, -0.2) is 39.0 Å². The van der Waals surface area contributed by atoms with Crippen LogP contribution in [0.15, 0.2) is 59.5 Å². The molecule has 0 aliphatic carbocycles. The lowest BCUT2D eigenvalue weighted by atomic mass is 10.2. The van der Waals surface area contributed by atoms with Crippen LogP contribution in [0.25, 0.3) is 0 Å². The molecule has 0 amide bonds. The molecule has 0 unspecified atom stereocenters. The first-order chi connectivity index (χ1) is 11.7. The van der Waals surface area contributed by atoms with Crippen molar-refractivity contribution in [3.63, 3.8) is 0 Å². The third-order valence-electron chi connectivity index (χ3n) is 3.89. The van der Waals surface area contributed by atoms with Gasteiger partial charge in [-0.3, -0.25) is 0 Å². The van der Waals surface area contributed by atoms with Gasteiger partial charge in [0.1, 0.15) is 0 Å². The summed E-state index contributed by atoms with van der Waals surface area (Å²) in [6, 6.07) is 17.6. The van der Waals surface area contributed by atoms with Crippen molar-refractivity contribution in [3.05, 3.63) is 65.7 Å². The van der Waals surface area contributed by atoms with E-state index in [-0.39, 0.29) is 0 Å². The molecule has 0 radical (unpaired) electrons. The van der Waals surface area contributed by atoms with Crippen molar-refractivity contribution >= 4 is 21.8 Å². The average molecular weight is 364 g/mol. The van der Waals surface area contributed by atoms with E-state index >= 15 is 0 Å². The summed E-state index contributed by atoms with van der Waals surface area (Å²) >= 11 is 1.79. The highest BCUT2D eigenvalue weighted by molar-refractivity contribution is 7.97. The Morgan fingerprint density at radius 3 is 2.33 bits per heavy atom. The summed E-state index contributed by atoms with van der Waals surface area (Å²) in [7, 11) is -3.42. The van der Waals surface area contributed by atoms with Gasteiger partial charge in [-0.2, -0.15) is 16.1 Å². The quantitative estimate of drug-likeness (QED) is 0.791. The largest absolute Gasteiger partial charge is 0.379 e. The molecule has 1 aliphatic rings. The molecular formula is C18H21NO3S2. The summed E-state index contributed by atoms with van der Waals surface area (Å²) in [6.07, 6.45) is 0. The zero-order chi connectivity index (χ0) is 16.8. The lowest BCUT2D eigenvalue weighted by Gasteiger charge is -2.26. The summed E-state index contributed by atoms with van der Waals surface area (Å²) in [5, 5.41) is 0. The zero-order valence-corrected chi connectivity index (χ0v) is 15.1. The standard InChI is InChI=1S/C18H21NO3S2/c20-24(21,19-9-11-22-12-10-19)18-8-4-7-17(13-18)15-23-14-16-5-2-1-3-6-16/h1-8,13H,9-12,14-15H2. The molecular weight excluding hydrogens is 342 g/mol. The van der Waals surface area contributed by atoms with E-state index in [1.165, 1.54) is 9.87 Å². The Kier molecular flexibility index (Phi) is 5.94. The predicted octanol–water partition coefficient (Wildman–Crippen LogP) is 3.14. The van der Waals surface area contributed by atoms with Crippen LogP contribution < -0.4 is 0 Å². The van der Waals surface area contributed by atoms with Crippen molar-refractivity contribution in [2.45, 2.75) is 16.4 Å². The van der Waals surface area contributed by atoms with Crippen LogP contribution in [0.3, 0.4) is 0 Å². The molecule has 1 heterocycles. The minimum atomic E-state index is -3.42. The van der Waals surface area contributed by atoms with Gasteiger partial charge in [-0.15, -0.1) is 0 Å².